The fourth-order valence-electron chi connectivity index (χ4n) is 4.14. The fraction of sp³-hybridized carbons (Fsp3) is 1.00. The van der Waals surface area contributed by atoms with Crippen LogP contribution >= 0.6 is 0 Å². The van der Waals surface area contributed by atoms with Gasteiger partial charge in [-0.3, -0.25) is 4.90 Å². The first-order valence-electron chi connectivity index (χ1n) is 8.88. The van der Waals surface area contributed by atoms with E-state index < -0.39 is 0 Å². The number of likely N-dealkylation sites (N-methyl/N-ethyl adjacent to an activating group) is 1. The second-order valence-electron chi connectivity index (χ2n) is 7.61. The maximum atomic E-state index is 6.26. The Kier molecular flexibility index (Phi) is 6.06. The Morgan fingerprint density at radius 3 is 2.33 bits per heavy atom. The third kappa shape index (κ3) is 3.98. The van der Waals surface area contributed by atoms with Crippen LogP contribution in [0.2, 0.25) is 0 Å². The van der Waals surface area contributed by atoms with Crippen molar-refractivity contribution in [2.24, 2.45) is 11.7 Å². The van der Waals surface area contributed by atoms with Gasteiger partial charge in [-0.1, -0.05) is 20.8 Å². The average Bonchev–Trinajstić information content (AvgIpc) is 2.48. The quantitative estimate of drug-likeness (QED) is 0.833. The minimum Gasteiger partial charge on any atom is -0.329 e. The van der Waals surface area contributed by atoms with E-state index in [1.807, 2.05) is 0 Å². The Hall–Kier alpha value is -0.160. The van der Waals surface area contributed by atoms with Gasteiger partial charge in [-0.15, -0.1) is 0 Å². The molecule has 0 spiro atoms. The molecule has 1 atom stereocenters. The number of rotatable bonds is 5. The summed E-state index contributed by atoms with van der Waals surface area (Å²) < 4.78 is 0. The Bertz CT molecular complexity index is 310. The molecule has 21 heavy (non-hydrogen) atoms. The molecular weight excluding hydrogens is 260 g/mol. The Morgan fingerprint density at radius 2 is 1.81 bits per heavy atom. The normalized spacial score (nSPS) is 29.1. The van der Waals surface area contributed by atoms with Crippen molar-refractivity contribution in [3.05, 3.63) is 0 Å². The summed E-state index contributed by atoms with van der Waals surface area (Å²) in [5, 5.41) is 0. The van der Waals surface area contributed by atoms with E-state index in [0.29, 0.717) is 6.04 Å². The monoisotopic (exact) mass is 296 g/mol. The highest BCUT2D eigenvalue weighted by atomic mass is 15.3. The Labute approximate surface area is 131 Å². The van der Waals surface area contributed by atoms with Gasteiger partial charge in [0.2, 0.25) is 0 Å². The van der Waals surface area contributed by atoms with Crippen LogP contribution in [0, 0.1) is 5.92 Å². The van der Waals surface area contributed by atoms with Crippen molar-refractivity contribution in [1.29, 1.82) is 0 Å². The first-order valence-corrected chi connectivity index (χ1v) is 8.88. The van der Waals surface area contributed by atoms with Gasteiger partial charge in [-0.05, 0) is 45.3 Å². The van der Waals surface area contributed by atoms with Crippen LogP contribution in [0.4, 0.5) is 0 Å². The summed E-state index contributed by atoms with van der Waals surface area (Å²) in [5.41, 5.74) is 6.53. The average molecular weight is 297 g/mol. The van der Waals surface area contributed by atoms with E-state index in [2.05, 4.69) is 42.5 Å². The SMILES string of the molecule is CCC1CN(C2(CN)CCN(CC(C)C)CC2)CCN1C. The van der Waals surface area contributed by atoms with Crippen LogP contribution < -0.4 is 5.73 Å². The van der Waals surface area contributed by atoms with Gasteiger partial charge < -0.3 is 15.5 Å². The lowest BCUT2D eigenvalue weighted by atomic mass is 9.84. The molecule has 0 radical (unpaired) electrons. The predicted octanol–water partition coefficient (Wildman–Crippen LogP) is 1.46. The van der Waals surface area contributed by atoms with E-state index in [4.69, 9.17) is 5.73 Å². The molecule has 2 rings (SSSR count). The topological polar surface area (TPSA) is 35.7 Å². The highest BCUT2D eigenvalue weighted by molar-refractivity contribution is 4.99. The Morgan fingerprint density at radius 1 is 1.14 bits per heavy atom. The smallest absolute Gasteiger partial charge is 0.0357 e. The summed E-state index contributed by atoms with van der Waals surface area (Å²) in [4.78, 5) is 7.88. The van der Waals surface area contributed by atoms with Gasteiger partial charge in [-0.25, -0.2) is 0 Å². The first-order chi connectivity index (χ1) is 10.0. The summed E-state index contributed by atoms with van der Waals surface area (Å²) in [7, 11) is 2.27. The van der Waals surface area contributed by atoms with Crippen molar-refractivity contribution in [1.82, 2.24) is 14.7 Å². The molecule has 2 saturated heterocycles. The number of piperidine rings is 1. The van der Waals surface area contributed by atoms with Crippen molar-refractivity contribution in [3.8, 4) is 0 Å². The molecule has 0 amide bonds. The van der Waals surface area contributed by atoms with Crippen LogP contribution in [0.5, 0.6) is 0 Å². The van der Waals surface area contributed by atoms with Crippen LogP contribution in [0.3, 0.4) is 0 Å². The van der Waals surface area contributed by atoms with E-state index in [0.717, 1.165) is 12.5 Å². The predicted molar refractivity (Wildman–Crippen MR) is 90.6 cm³/mol. The molecule has 0 aromatic carbocycles. The van der Waals surface area contributed by atoms with Crippen molar-refractivity contribution in [2.45, 2.75) is 51.6 Å². The van der Waals surface area contributed by atoms with Gasteiger partial charge in [0, 0.05) is 44.3 Å². The first kappa shape index (κ1) is 17.2. The van der Waals surface area contributed by atoms with Gasteiger partial charge in [0.1, 0.15) is 0 Å². The van der Waals surface area contributed by atoms with Crippen LogP contribution in [0.15, 0.2) is 0 Å². The van der Waals surface area contributed by atoms with Gasteiger partial charge >= 0.3 is 0 Å². The zero-order chi connectivity index (χ0) is 15.5. The highest BCUT2D eigenvalue weighted by Gasteiger charge is 2.41. The van der Waals surface area contributed by atoms with E-state index in [1.54, 1.807) is 0 Å². The summed E-state index contributed by atoms with van der Waals surface area (Å²) >= 11 is 0. The van der Waals surface area contributed by atoms with Crippen molar-refractivity contribution in [2.75, 3.05) is 52.9 Å². The van der Waals surface area contributed by atoms with Gasteiger partial charge in [0.25, 0.3) is 0 Å². The lowest BCUT2D eigenvalue weighted by molar-refractivity contribution is -0.0235. The van der Waals surface area contributed by atoms with Crippen LogP contribution in [0.1, 0.15) is 40.0 Å². The van der Waals surface area contributed by atoms with Gasteiger partial charge in [0.05, 0.1) is 0 Å². The van der Waals surface area contributed by atoms with Crippen molar-refractivity contribution in [3.63, 3.8) is 0 Å². The summed E-state index contributed by atoms with van der Waals surface area (Å²) in [6.45, 7) is 15.0. The van der Waals surface area contributed by atoms with E-state index in [-0.39, 0.29) is 5.54 Å². The maximum Gasteiger partial charge on any atom is 0.0357 e. The molecule has 0 aromatic heterocycles. The molecule has 2 heterocycles. The number of nitrogens with two attached hydrogens (primary N) is 1. The number of likely N-dealkylation sites (tertiary alicyclic amines) is 1. The largest absolute Gasteiger partial charge is 0.329 e. The second-order valence-corrected chi connectivity index (χ2v) is 7.61. The van der Waals surface area contributed by atoms with Gasteiger partial charge in [0.15, 0.2) is 0 Å². The molecule has 2 fully saturated rings. The van der Waals surface area contributed by atoms with Crippen LogP contribution in [-0.4, -0.2) is 79.1 Å². The molecule has 2 aliphatic heterocycles. The molecule has 0 aliphatic carbocycles. The van der Waals surface area contributed by atoms with Crippen molar-refractivity contribution >= 4 is 0 Å². The third-order valence-corrected chi connectivity index (χ3v) is 5.71. The zero-order valence-corrected chi connectivity index (χ0v) is 14.6. The zero-order valence-electron chi connectivity index (χ0n) is 14.6. The second kappa shape index (κ2) is 7.40. The highest BCUT2D eigenvalue weighted by Crippen LogP contribution is 2.30. The molecule has 2 N–H and O–H groups in total. The standard InChI is InChI=1S/C17H36N4/c1-5-16-13-21(11-10-19(16)4)17(14-18)6-8-20(9-7-17)12-15(2)3/h15-16H,5-14,18H2,1-4H3. The van der Waals surface area contributed by atoms with Crippen LogP contribution in [-0.2, 0) is 0 Å². The number of hydrogen-bond acceptors (Lipinski definition) is 4. The Balaban J connectivity index is 1.96. The molecule has 0 saturated carbocycles. The van der Waals surface area contributed by atoms with E-state index in [9.17, 15) is 0 Å². The summed E-state index contributed by atoms with van der Waals surface area (Å²) in [5.74, 6) is 0.767. The molecule has 4 nitrogen and oxygen atoms in total. The third-order valence-electron chi connectivity index (χ3n) is 5.71. The maximum absolute atomic E-state index is 6.26. The lowest BCUT2D eigenvalue weighted by Crippen LogP contribution is -2.65. The fourth-order valence-corrected chi connectivity index (χ4v) is 4.14. The molecular formula is C17H36N4. The molecule has 0 aromatic rings. The van der Waals surface area contributed by atoms with E-state index >= 15 is 0 Å². The summed E-state index contributed by atoms with van der Waals surface area (Å²) in [6.07, 6.45) is 3.74. The molecule has 4 heteroatoms. The van der Waals surface area contributed by atoms with Crippen molar-refractivity contribution < 1.29 is 0 Å². The number of hydrogen-bond donors (Lipinski definition) is 1. The van der Waals surface area contributed by atoms with Gasteiger partial charge in [-0.2, -0.15) is 0 Å². The van der Waals surface area contributed by atoms with E-state index in [1.165, 1.54) is 58.5 Å². The molecule has 0 bridgehead atoms. The minimum absolute atomic E-state index is 0.266. The summed E-state index contributed by atoms with van der Waals surface area (Å²) in [6, 6.07) is 0.705. The minimum atomic E-state index is 0.266. The van der Waals surface area contributed by atoms with Crippen LogP contribution in [0.25, 0.3) is 0 Å². The molecule has 1 unspecified atom stereocenters. The number of nitrogens with zero attached hydrogens (tertiary/aromatic N) is 3. The molecule has 124 valence electrons. The molecule has 2 aliphatic rings. The number of piperazine rings is 1. The lowest BCUT2D eigenvalue weighted by Gasteiger charge is -2.53.